The second-order valence-corrected chi connectivity index (χ2v) is 8.89. The van der Waals surface area contributed by atoms with Gasteiger partial charge in [0.1, 0.15) is 0 Å². The van der Waals surface area contributed by atoms with Crippen molar-refractivity contribution in [2.75, 3.05) is 11.1 Å². The summed E-state index contributed by atoms with van der Waals surface area (Å²) in [6.07, 6.45) is 0. The van der Waals surface area contributed by atoms with Crippen molar-refractivity contribution in [2.24, 2.45) is 5.41 Å². The first-order valence-corrected chi connectivity index (χ1v) is 9.45. The summed E-state index contributed by atoms with van der Waals surface area (Å²) < 4.78 is -1.43. The largest absolute Gasteiger partial charge is 0.318 e. The van der Waals surface area contributed by atoms with E-state index in [-0.39, 0.29) is 21.8 Å². The van der Waals surface area contributed by atoms with Gasteiger partial charge in [-0.2, -0.15) is 10.5 Å². The quantitative estimate of drug-likeness (QED) is 0.522. The normalized spacial score (nSPS) is 25.2. The molecule has 1 N–H and O–H groups in total. The number of alkyl halides is 3. The van der Waals surface area contributed by atoms with Crippen LogP contribution in [0.15, 0.2) is 10.6 Å². The molecule has 1 rings (SSSR count). The summed E-state index contributed by atoms with van der Waals surface area (Å²) in [4.78, 5) is 12.4. The summed E-state index contributed by atoms with van der Waals surface area (Å²) in [6.45, 7) is 3.44. The number of amides is 1. The second kappa shape index (κ2) is 8.35. The highest BCUT2D eigenvalue weighted by atomic mass is 79.9. The lowest BCUT2D eigenvalue weighted by molar-refractivity contribution is -0.123. The van der Waals surface area contributed by atoms with Crippen LogP contribution in [0.25, 0.3) is 0 Å². The Morgan fingerprint density at radius 2 is 2.00 bits per heavy atom. The van der Waals surface area contributed by atoms with Crippen molar-refractivity contribution in [2.45, 2.75) is 23.0 Å². The predicted molar refractivity (Wildman–Crippen MR) is 101 cm³/mol. The number of carbonyl (C=O) groups excluding carboxylic acids is 1. The second-order valence-electron chi connectivity index (χ2n) is 4.73. The Labute approximate surface area is 164 Å². The molecule has 1 aliphatic heterocycles. The van der Waals surface area contributed by atoms with Crippen LogP contribution >= 0.6 is 76.5 Å². The SMILES string of the molecule is Br.CC1(C)C(C#N)=C(SCC(Br)CBr)NC(=O)C1(Br)C#N. The molecule has 0 aromatic carbocycles. The molecule has 21 heavy (non-hydrogen) atoms. The van der Waals surface area contributed by atoms with Gasteiger partial charge in [-0.15, -0.1) is 28.7 Å². The third-order valence-corrected chi connectivity index (χ3v) is 8.51. The first kappa shape index (κ1) is 21.5. The standard InChI is InChI=1S/C12H12Br3N3OS.BrH/c1-11(2)8(4-16)9(20-5-7(14)3-13)18-10(19)12(11,15)6-17;/h7H,3,5H2,1-2H3,(H,18,19);1H. The highest BCUT2D eigenvalue weighted by molar-refractivity contribution is 9.12. The van der Waals surface area contributed by atoms with Gasteiger partial charge >= 0.3 is 0 Å². The average Bonchev–Trinajstić information content (AvgIpc) is 2.41. The summed E-state index contributed by atoms with van der Waals surface area (Å²) in [6, 6.07) is 4.11. The number of halogens is 4. The van der Waals surface area contributed by atoms with E-state index in [1.807, 2.05) is 6.07 Å². The van der Waals surface area contributed by atoms with Crippen LogP contribution in [0.1, 0.15) is 13.8 Å². The molecule has 116 valence electrons. The average molecular weight is 567 g/mol. The number of nitrogens with zero attached hydrogens (tertiary/aromatic N) is 2. The van der Waals surface area contributed by atoms with E-state index in [2.05, 4.69) is 59.2 Å². The minimum Gasteiger partial charge on any atom is -0.318 e. The zero-order chi connectivity index (χ0) is 15.6. The Morgan fingerprint density at radius 3 is 2.43 bits per heavy atom. The van der Waals surface area contributed by atoms with Crippen molar-refractivity contribution in [3.63, 3.8) is 0 Å². The molecule has 0 aromatic rings. The number of thioether (sulfide) groups is 1. The Hall–Kier alpha value is 0.460. The van der Waals surface area contributed by atoms with Crippen LogP contribution in [-0.2, 0) is 4.79 Å². The fraction of sp³-hybridized carbons (Fsp3) is 0.583. The minimum atomic E-state index is -1.43. The number of carbonyl (C=O) groups is 1. The van der Waals surface area contributed by atoms with Gasteiger partial charge in [-0.05, 0) is 0 Å². The van der Waals surface area contributed by atoms with Crippen LogP contribution in [0, 0.1) is 28.1 Å². The summed E-state index contributed by atoms with van der Waals surface area (Å²) in [5.41, 5.74) is -0.494. The van der Waals surface area contributed by atoms with Crippen LogP contribution in [0.4, 0.5) is 0 Å². The van der Waals surface area contributed by atoms with E-state index in [0.29, 0.717) is 16.4 Å². The summed E-state index contributed by atoms with van der Waals surface area (Å²) in [7, 11) is 0. The molecule has 0 saturated carbocycles. The summed E-state index contributed by atoms with van der Waals surface area (Å²) in [5, 5.41) is 22.7. The van der Waals surface area contributed by atoms with E-state index in [9.17, 15) is 15.3 Å². The van der Waals surface area contributed by atoms with Gasteiger partial charge in [-0.1, -0.05) is 61.6 Å². The lowest BCUT2D eigenvalue weighted by atomic mass is 9.72. The highest BCUT2D eigenvalue weighted by Crippen LogP contribution is 2.49. The summed E-state index contributed by atoms with van der Waals surface area (Å²) in [5.74, 6) is 0.265. The third-order valence-electron chi connectivity index (χ3n) is 3.10. The van der Waals surface area contributed by atoms with Crippen LogP contribution in [0.2, 0.25) is 0 Å². The summed E-state index contributed by atoms with van der Waals surface area (Å²) >= 11 is 11.4. The van der Waals surface area contributed by atoms with Gasteiger partial charge in [0.2, 0.25) is 0 Å². The Kier molecular flexibility index (Phi) is 8.53. The van der Waals surface area contributed by atoms with Crippen molar-refractivity contribution in [3.8, 4) is 12.1 Å². The van der Waals surface area contributed by atoms with Gasteiger partial charge in [0, 0.05) is 21.3 Å². The van der Waals surface area contributed by atoms with Crippen LogP contribution in [0.3, 0.4) is 0 Å². The van der Waals surface area contributed by atoms with E-state index >= 15 is 0 Å². The molecule has 2 atom stereocenters. The monoisotopic (exact) mass is 563 g/mol. The topological polar surface area (TPSA) is 76.7 Å². The van der Waals surface area contributed by atoms with Gasteiger partial charge in [0.15, 0.2) is 4.32 Å². The van der Waals surface area contributed by atoms with Crippen molar-refractivity contribution in [3.05, 3.63) is 10.6 Å². The third kappa shape index (κ3) is 4.06. The number of rotatable bonds is 4. The zero-order valence-electron chi connectivity index (χ0n) is 11.2. The minimum absolute atomic E-state index is 0. The fourth-order valence-corrected chi connectivity index (χ4v) is 4.00. The molecule has 0 spiro atoms. The molecular formula is C12H13Br4N3OS. The maximum Gasteiger partial charge on any atom is 0.257 e. The molecule has 1 aliphatic rings. The maximum absolute atomic E-state index is 12.2. The molecule has 1 heterocycles. The molecule has 0 aliphatic carbocycles. The molecule has 4 nitrogen and oxygen atoms in total. The first-order valence-electron chi connectivity index (χ1n) is 5.64. The first-order chi connectivity index (χ1) is 9.24. The lowest BCUT2D eigenvalue weighted by Crippen LogP contribution is -2.55. The van der Waals surface area contributed by atoms with Crippen molar-refractivity contribution >= 4 is 82.4 Å². The molecule has 0 bridgehead atoms. The van der Waals surface area contributed by atoms with E-state index in [4.69, 9.17) is 0 Å². The van der Waals surface area contributed by atoms with E-state index < -0.39 is 15.6 Å². The fourth-order valence-electron chi connectivity index (χ4n) is 1.70. The number of nitriles is 2. The molecule has 2 unspecified atom stereocenters. The van der Waals surface area contributed by atoms with E-state index in [0.717, 1.165) is 5.33 Å². The predicted octanol–water partition coefficient (Wildman–Crippen LogP) is 4.00. The van der Waals surface area contributed by atoms with Crippen LogP contribution in [0.5, 0.6) is 0 Å². The molecular weight excluding hydrogens is 554 g/mol. The molecule has 0 radical (unpaired) electrons. The Morgan fingerprint density at radius 1 is 1.43 bits per heavy atom. The van der Waals surface area contributed by atoms with Gasteiger partial charge in [-0.25, -0.2) is 0 Å². The number of hydrogen-bond donors (Lipinski definition) is 1. The number of hydrogen-bond acceptors (Lipinski definition) is 4. The van der Waals surface area contributed by atoms with Gasteiger partial charge in [0.05, 0.1) is 22.7 Å². The molecule has 1 amide bonds. The van der Waals surface area contributed by atoms with E-state index in [1.54, 1.807) is 13.8 Å². The number of allylic oxidation sites excluding steroid dienone is 1. The lowest BCUT2D eigenvalue weighted by Gasteiger charge is -2.40. The van der Waals surface area contributed by atoms with Gasteiger partial charge in [0.25, 0.3) is 5.91 Å². The zero-order valence-corrected chi connectivity index (χ0v) is 18.5. The van der Waals surface area contributed by atoms with E-state index in [1.165, 1.54) is 11.8 Å². The van der Waals surface area contributed by atoms with Crippen molar-refractivity contribution < 1.29 is 4.79 Å². The highest BCUT2D eigenvalue weighted by Gasteiger charge is 2.56. The maximum atomic E-state index is 12.2. The molecule has 0 aromatic heterocycles. The Balaban J connectivity index is 0.00000400. The molecule has 0 saturated heterocycles. The smallest absolute Gasteiger partial charge is 0.257 e. The molecule has 0 fully saturated rings. The van der Waals surface area contributed by atoms with Gasteiger partial charge < -0.3 is 5.32 Å². The van der Waals surface area contributed by atoms with Crippen molar-refractivity contribution in [1.29, 1.82) is 10.5 Å². The molecule has 9 heteroatoms. The van der Waals surface area contributed by atoms with Gasteiger partial charge in [-0.3, -0.25) is 4.79 Å². The van der Waals surface area contributed by atoms with Crippen LogP contribution in [-0.4, -0.2) is 26.1 Å². The van der Waals surface area contributed by atoms with Crippen molar-refractivity contribution in [1.82, 2.24) is 5.32 Å². The number of nitrogens with one attached hydrogen (secondary N) is 1. The Bertz CT molecular complexity index is 538. The van der Waals surface area contributed by atoms with Crippen LogP contribution < -0.4 is 5.32 Å².